The number of hydrogen-bond acceptors (Lipinski definition) is 2. The van der Waals surface area contributed by atoms with Crippen LogP contribution in [-0.2, 0) is 6.54 Å². The smallest absolute Gasteiger partial charge is 0.0239 e. The Morgan fingerprint density at radius 2 is 1.74 bits per heavy atom. The molecular formula is C17H26N2. The highest BCUT2D eigenvalue weighted by Gasteiger charge is 2.39. The minimum absolute atomic E-state index is 0.816. The number of hydrogen-bond donors (Lipinski definition) is 1. The SMILES string of the molecule is Cc1ccc(CN2C3CCC2CC(CCN)C3)cc1. The number of piperidine rings is 1. The van der Waals surface area contributed by atoms with E-state index in [0.717, 1.165) is 31.1 Å². The van der Waals surface area contributed by atoms with E-state index in [1.165, 1.54) is 43.2 Å². The molecule has 0 spiro atoms. The molecule has 19 heavy (non-hydrogen) atoms. The number of fused-ring (bicyclic) bond motifs is 2. The fraction of sp³-hybridized carbons (Fsp3) is 0.647. The van der Waals surface area contributed by atoms with Gasteiger partial charge in [0.15, 0.2) is 0 Å². The number of benzene rings is 1. The van der Waals surface area contributed by atoms with Crippen LogP contribution in [0.5, 0.6) is 0 Å². The maximum atomic E-state index is 5.73. The van der Waals surface area contributed by atoms with Crippen molar-refractivity contribution >= 4 is 0 Å². The van der Waals surface area contributed by atoms with Gasteiger partial charge in [0.1, 0.15) is 0 Å². The summed E-state index contributed by atoms with van der Waals surface area (Å²) >= 11 is 0. The van der Waals surface area contributed by atoms with Gasteiger partial charge in [0, 0.05) is 18.6 Å². The average Bonchev–Trinajstić information content (AvgIpc) is 2.64. The summed E-state index contributed by atoms with van der Waals surface area (Å²) in [6, 6.07) is 10.7. The molecule has 2 fully saturated rings. The van der Waals surface area contributed by atoms with E-state index in [2.05, 4.69) is 36.1 Å². The van der Waals surface area contributed by atoms with Crippen molar-refractivity contribution in [3.05, 3.63) is 35.4 Å². The zero-order valence-corrected chi connectivity index (χ0v) is 12.0. The molecule has 1 aromatic carbocycles. The summed E-state index contributed by atoms with van der Waals surface area (Å²) in [7, 11) is 0. The quantitative estimate of drug-likeness (QED) is 0.899. The van der Waals surface area contributed by atoms with Gasteiger partial charge in [-0.25, -0.2) is 0 Å². The Morgan fingerprint density at radius 3 is 2.32 bits per heavy atom. The highest BCUT2D eigenvalue weighted by Crippen LogP contribution is 2.40. The van der Waals surface area contributed by atoms with Crippen LogP contribution in [0.4, 0.5) is 0 Å². The molecule has 3 rings (SSSR count). The van der Waals surface area contributed by atoms with Crippen molar-refractivity contribution < 1.29 is 0 Å². The molecule has 0 aromatic heterocycles. The van der Waals surface area contributed by atoms with Crippen molar-refractivity contribution in [1.82, 2.24) is 4.90 Å². The van der Waals surface area contributed by atoms with E-state index < -0.39 is 0 Å². The molecule has 104 valence electrons. The minimum Gasteiger partial charge on any atom is -0.330 e. The van der Waals surface area contributed by atoms with Gasteiger partial charge in [-0.2, -0.15) is 0 Å². The number of nitrogens with two attached hydrogens (primary N) is 1. The fourth-order valence-electron chi connectivity index (χ4n) is 4.02. The van der Waals surface area contributed by atoms with Crippen molar-refractivity contribution in [1.29, 1.82) is 0 Å². The molecule has 2 bridgehead atoms. The van der Waals surface area contributed by atoms with Crippen LogP contribution < -0.4 is 5.73 Å². The highest BCUT2D eigenvalue weighted by atomic mass is 15.2. The van der Waals surface area contributed by atoms with E-state index in [4.69, 9.17) is 5.73 Å². The Bertz CT molecular complexity index is 398. The molecule has 0 amide bonds. The fourth-order valence-corrected chi connectivity index (χ4v) is 4.02. The largest absolute Gasteiger partial charge is 0.330 e. The summed E-state index contributed by atoms with van der Waals surface area (Å²) in [5, 5.41) is 0. The van der Waals surface area contributed by atoms with Gasteiger partial charge < -0.3 is 5.73 Å². The second-order valence-corrected chi connectivity index (χ2v) is 6.46. The van der Waals surface area contributed by atoms with E-state index in [-0.39, 0.29) is 0 Å². The Kier molecular flexibility index (Phi) is 3.90. The maximum Gasteiger partial charge on any atom is 0.0239 e. The predicted octanol–water partition coefficient (Wildman–Crippen LogP) is 3.09. The van der Waals surface area contributed by atoms with Crippen LogP contribution in [0, 0.1) is 12.8 Å². The second kappa shape index (κ2) is 5.64. The van der Waals surface area contributed by atoms with Gasteiger partial charge in [-0.15, -0.1) is 0 Å². The van der Waals surface area contributed by atoms with E-state index in [1.54, 1.807) is 0 Å². The third-order valence-electron chi connectivity index (χ3n) is 5.04. The molecule has 2 heterocycles. The summed E-state index contributed by atoms with van der Waals surface area (Å²) in [4.78, 5) is 2.76. The topological polar surface area (TPSA) is 29.3 Å². The van der Waals surface area contributed by atoms with Crippen LogP contribution in [0.1, 0.15) is 43.2 Å². The molecule has 2 nitrogen and oxygen atoms in total. The monoisotopic (exact) mass is 258 g/mol. The lowest BCUT2D eigenvalue weighted by molar-refractivity contribution is 0.0938. The van der Waals surface area contributed by atoms with Gasteiger partial charge in [-0.1, -0.05) is 29.8 Å². The molecule has 2 N–H and O–H groups in total. The van der Waals surface area contributed by atoms with Crippen LogP contribution in [0.2, 0.25) is 0 Å². The Morgan fingerprint density at radius 1 is 1.11 bits per heavy atom. The number of rotatable bonds is 4. The van der Waals surface area contributed by atoms with Crippen molar-refractivity contribution in [3.63, 3.8) is 0 Å². The summed E-state index contributed by atoms with van der Waals surface area (Å²) < 4.78 is 0. The Balaban J connectivity index is 1.65. The normalized spacial score (nSPS) is 30.7. The molecule has 2 unspecified atom stereocenters. The van der Waals surface area contributed by atoms with Gasteiger partial charge >= 0.3 is 0 Å². The lowest BCUT2D eigenvalue weighted by atomic mass is 9.88. The van der Waals surface area contributed by atoms with E-state index in [1.807, 2.05) is 0 Å². The lowest BCUT2D eigenvalue weighted by Gasteiger charge is -2.39. The van der Waals surface area contributed by atoms with Gasteiger partial charge in [-0.05, 0) is 57.1 Å². The molecule has 2 saturated heterocycles. The molecule has 0 aliphatic carbocycles. The highest BCUT2D eigenvalue weighted by molar-refractivity contribution is 5.21. The van der Waals surface area contributed by atoms with Gasteiger partial charge in [0.05, 0.1) is 0 Å². The number of aryl methyl sites for hydroxylation is 1. The van der Waals surface area contributed by atoms with Gasteiger partial charge in [0.2, 0.25) is 0 Å². The molecule has 0 radical (unpaired) electrons. The third kappa shape index (κ3) is 2.85. The van der Waals surface area contributed by atoms with Crippen LogP contribution in [0.15, 0.2) is 24.3 Å². The Hall–Kier alpha value is -0.860. The van der Waals surface area contributed by atoms with Crippen LogP contribution in [-0.4, -0.2) is 23.5 Å². The summed E-state index contributed by atoms with van der Waals surface area (Å²) in [6.07, 6.45) is 6.78. The zero-order chi connectivity index (χ0) is 13.2. The summed E-state index contributed by atoms with van der Waals surface area (Å²) in [6.45, 7) is 4.17. The summed E-state index contributed by atoms with van der Waals surface area (Å²) in [5.74, 6) is 0.886. The van der Waals surface area contributed by atoms with Crippen LogP contribution in [0.25, 0.3) is 0 Å². The van der Waals surface area contributed by atoms with Gasteiger partial charge in [-0.3, -0.25) is 4.90 Å². The minimum atomic E-state index is 0.816. The van der Waals surface area contributed by atoms with Crippen molar-refractivity contribution in [2.45, 2.75) is 57.7 Å². The van der Waals surface area contributed by atoms with E-state index in [0.29, 0.717) is 0 Å². The molecule has 2 heteroatoms. The molecule has 0 saturated carbocycles. The third-order valence-corrected chi connectivity index (χ3v) is 5.04. The van der Waals surface area contributed by atoms with E-state index in [9.17, 15) is 0 Å². The van der Waals surface area contributed by atoms with E-state index >= 15 is 0 Å². The first-order chi connectivity index (χ1) is 9.26. The molecular weight excluding hydrogens is 232 g/mol. The first-order valence-corrected chi connectivity index (χ1v) is 7.77. The van der Waals surface area contributed by atoms with Crippen LogP contribution in [0.3, 0.4) is 0 Å². The Labute approximate surface area is 117 Å². The maximum absolute atomic E-state index is 5.73. The molecule has 2 atom stereocenters. The zero-order valence-electron chi connectivity index (χ0n) is 12.0. The van der Waals surface area contributed by atoms with Gasteiger partial charge in [0.25, 0.3) is 0 Å². The first kappa shape index (κ1) is 13.1. The first-order valence-electron chi connectivity index (χ1n) is 7.77. The second-order valence-electron chi connectivity index (χ2n) is 6.46. The molecule has 2 aliphatic heterocycles. The van der Waals surface area contributed by atoms with Crippen molar-refractivity contribution in [2.24, 2.45) is 11.7 Å². The van der Waals surface area contributed by atoms with Crippen molar-refractivity contribution in [2.75, 3.05) is 6.54 Å². The summed E-state index contributed by atoms with van der Waals surface area (Å²) in [5.41, 5.74) is 8.56. The van der Waals surface area contributed by atoms with Crippen molar-refractivity contribution in [3.8, 4) is 0 Å². The number of nitrogens with zero attached hydrogens (tertiary/aromatic N) is 1. The molecule has 2 aliphatic rings. The predicted molar refractivity (Wildman–Crippen MR) is 79.9 cm³/mol. The lowest BCUT2D eigenvalue weighted by Crippen LogP contribution is -2.42. The molecule has 1 aromatic rings. The standard InChI is InChI=1S/C17H26N2/c1-13-2-4-14(5-3-13)12-19-16-6-7-17(19)11-15(10-16)8-9-18/h2-5,15-17H,6-12,18H2,1H3. The van der Waals surface area contributed by atoms with Crippen LogP contribution >= 0.6 is 0 Å². The average molecular weight is 258 g/mol.